The van der Waals surface area contributed by atoms with Crippen LogP contribution in [0.2, 0.25) is 0 Å². The molecule has 7 heteroatoms. The molecule has 7 nitrogen and oxygen atoms in total. The second-order valence-corrected chi connectivity index (χ2v) is 9.65. The van der Waals surface area contributed by atoms with E-state index in [4.69, 9.17) is 23.7 Å². The Balaban J connectivity index is 1.53. The molecular weight excluding hydrogens is 376 g/mol. The van der Waals surface area contributed by atoms with Crippen molar-refractivity contribution in [2.45, 2.75) is 89.2 Å². The van der Waals surface area contributed by atoms with E-state index in [2.05, 4.69) is 19.9 Å². The van der Waals surface area contributed by atoms with Crippen molar-refractivity contribution in [2.24, 2.45) is 10.8 Å². The van der Waals surface area contributed by atoms with E-state index < -0.39 is 28.6 Å². The van der Waals surface area contributed by atoms with Gasteiger partial charge in [0.05, 0.1) is 18.8 Å². The van der Waals surface area contributed by atoms with Crippen LogP contribution in [0.25, 0.3) is 0 Å². The highest BCUT2D eigenvalue weighted by atomic mass is 16.7. The van der Waals surface area contributed by atoms with E-state index in [0.717, 1.165) is 32.1 Å². The highest BCUT2D eigenvalue weighted by molar-refractivity contribution is 5.66. The average Bonchev–Trinajstić information content (AvgIpc) is 3.49. The van der Waals surface area contributed by atoms with E-state index in [1.54, 1.807) is 0 Å². The molecule has 3 saturated heterocycles. The maximum atomic E-state index is 11.7. The average molecular weight is 408 g/mol. The molecule has 0 aromatic heterocycles. The number of hydrogen-bond acceptors (Lipinski definition) is 7. The molecule has 1 saturated carbocycles. The van der Waals surface area contributed by atoms with Crippen LogP contribution < -0.4 is 0 Å². The number of ether oxygens (including phenoxy) is 5. The van der Waals surface area contributed by atoms with Gasteiger partial charge in [-0.25, -0.2) is 0 Å². The summed E-state index contributed by atoms with van der Waals surface area (Å²) in [4.78, 5) is 11.7. The summed E-state index contributed by atoms with van der Waals surface area (Å²) in [7, 11) is 0. The Kier molecular flexibility index (Phi) is 4.65. The summed E-state index contributed by atoms with van der Waals surface area (Å²) in [6.07, 6.45) is 4.42. The summed E-state index contributed by atoms with van der Waals surface area (Å²) in [5, 5.41) is 11.7. The lowest BCUT2D eigenvalue weighted by atomic mass is 9.51. The Morgan fingerprint density at radius 3 is 2.83 bits per heavy atom. The number of aliphatic hydroxyl groups is 1. The van der Waals surface area contributed by atoms with Crippen molar-refractivity contribution in [1.82, 2.24) is 0 Å². The smallest absolute Gasteiger partial charge is 0.302 e. The normalized spacial score (nSPS) is 50.8. The van der Waals surface area contributed by atoms with Crippen molar-refractivity contribution in [3.8, 4) is 0 Å². The van der Waals surface area contributed by atoms with E-state index in [9.17, 15) is 9.90 Å². The molecule has 162 valence electrons. The fourth-order valence-electron chi connectivity index (χ4n) is 6.37. The first-order valence-corrected chi connectivity index (χ1v) is 10.9. The summed E-state index contributed by atoms with van der Waals surface area (Å²) in [5.41, 5.74) is -0.566. The molecule has 0 radical (unpaired) electrons. The van der Waals surface area contributed by atoms with Gasteiger partial charge in [-0.2, -0.15) is 0 Å². The van der Waals surface area contributed by atoms with E-state index in [1.807, 2.05) is 0 Å². The van der Waals surface area contributed by atoms with Crippen LogP contribution in [0.3, 0.4) is 0 Å². The van der Waals surface area contributed by atoms with Crippen LogP contribution in [0.15, 0.2) is 11.6 Å². The highest BCUT2D eigenvalue weighted by Crippen LogP contribution is 2.71. The summed E-state index contributed by atoms with van der Waals surface area (Å²) in [6.45, 7) is 7.00. The Labute approximate surface area is 171 Å². The molecule has 3 heterocycles. The molecule has 2 bridgehead atoms. The van der Waals surface area contributed by atoms with Crippen molar-refractivity contribution < 1.29 is 33.6 Å². The van der Waals surface area contributed by atoms with E-state index >= 15 is 0 Å². The number of esters is 1. The van der Waals surface area contributed by atoms with Gasteiger partial charge in [-0.3, -0.25) is 4.79 Å². The second-order valence-electron chi connectivity index (χ2n) is 9.65. The van der Waals surface area contributed by atoms with Gasteiger partial charge in [-0.05, 0) is 39.0 Å². The van der Waals surface area contributed by atoms with Crippen LogP contribution in [0.5, 0.6) is 0 Å². The Morgan fingerprint density at radius 1 is 1.38 bits per heavy atom. The summed E-state index contributed by atoms with van der Waals surface area (Å²) >= 11 is 0. The van der Waals surface area contributed by atoms with Crippen LogP contribution in [0.4, 0.5) is 0 Å². The number of hydrogen-bond donors (Lipinski definition) is 1. The van der Waals surface area contributed by atoms with Gasteiger partial charge in [-0.15, -0.1) is 0 Å². The fourth-order valence-corrected chi connectivity index (χ4v) is 6.37. The maximum Gasteiger partial charge on any atom is 0.302 e. The molecule has 1 N–H and O–H groups in total. The molecule has 5 rings (SSSR count). The molecule has 2 aliphatic carbocycles. The van der Waals surface area contributed by atoms with Crippen molar-refractivity contribution in [1.29, 1.82) is 0 Å². The lowest BCUT2D eigenvalue weighted by molar-refractivity contribution is -0.239. The molecule has 4 fully saturated rings. The second kappa shape index (κ2) is 6.76. The Bertz CT molecular complexity index is 710. The number of allylic oxidation sites excluding steroid dienone is 1. The first kappa shape index (κ1) is 19.9. The third-order valence-electron chi connectivity index (χ3n) is 8.25. The zero-order valence-electron chi connectivity index (χ0n) is 17.5. The van der Waals surface area contributed by atoms with Gasteiger partial charge in [0.25, 0.3) is 0 Å². The van der Waals surface area contributed by atoms with Gasteiger partial charge in [0.15, 0.2) is 6.29 Å². The molecular formula is C22H32O7. The molecule has 3 unspecified atom stereocenters. The van der Waals surface area contributed by atoms with Gasteiger partial charge in [0, 0.05) is 24.4 Å². The zero-order chi connectivity index (χ0) is 20.4. The summed E-state index contributed by atoms with van der Waals surface area (Å²) in [5.74, 6) is -0.322. The molecule has 3 aliphatic heterocycles. The van der Waals surface area contributed by atoms with Crippen molar-refractivity contribution in [3.63, 3.8) is 0 Å². The van der Waals surface area contributed by atoms with E-state index in [0.29, 0.717) is 13.2 Å². The predicted molar refractivity (Wildman–Crippen MR) is 102 cm³/mol. The number of fused-ring (bicyclic) bond motifs is 2. The zero-order valence-corrected chi connectivity index (χ0v) is 17.5. The lowest BCUT2D eigenvalue weighted by Crippen LogP contribution is -2.66. The van der Waals surface area contributed by atoms with Crippen LogP contribution in [0.1, 0.15) is 52.9 Å². The molecule has 1 spiro atoms. The first-order valence-electron chi connectivity index (χ1n) is 10.9. The van der Waals surface area contributed by atoms with Gasteiger partial charge in [0.1, 0.15) is 24.4 Å². The summed E-state index contributed by atoms with van der Waals surface area (Å²) < 4.78 is 30.4. The van der Waals surface area contributed by atoms with Gasteiger partial charge in [-0.1, -0.05) is 18.6 Å². The van der Waals surface area contributed by atoms with Gasteiger partial charge >= 0.3 is 5.97 Å². The lowest BCUT2D eigenvalue weighted by Gasteiger charge is -2.57. The maximum absolute atomic E-state index is 11.7. The number of aliphatic hydroxyl groups excluding tert-OH is 1. The van der Waals surface area contributed by atoms with Crippen LogP contribution in [-0.2, 0) is 28.5 Å². The van der Waals surface area contributed by atoms with Crippen molar-refractivity contribution >= 4 is 5.97 Å². The van der Waals surface area contributed by atoms with Gasteiger partial charge < -0.3 is 28.8 Å². The molecule has 29 heavy (non-hydrogen) atoms. The molecule has 8 atom stereocenters. The van der Waals surface area contributed by atoms with Crippen molar-refractivity contribution in [2.75, 3.05) is 19.8 Å². The third kappa shape index (κ3) is 2.64. The minimum absolute atomic E-state index is 0.203. The third-order valence-corrected chi connectivity index (χ3v) is 8.25. The van der Waals surface area contributed by atoms with Crippen molar-refractivity contribution in [3.05, 3.63) is 11.6 Å². The van der Waals surface area contributed by atoms with Crippen LogP contribution >= 0.6 is 0 Å². The SMILES string of the molecule is CC(=O)OC[C@]12CCC(C)=C[C@H]1OC1[C@H](OC3CCCCO3)[C@@H](O)[C@@]2(C)C12CO2. The summed E-state index contributed by atoms with van der Waals surface area (Å²) in [6, 6.07) is 0. The quantitative estimate of drug-likeness (QED) is 0.433. The predicted octanol–water partition coefficient (Wildman–Crippen LogP) is 2.10. The van der Waals surface area contributed by atoms with E-state index in [1.165, 1.54) is 12.5 Å². The molecule has 0 aromatic carbocycles. The topological polar surface area (TPSA) is 86.8 Å². The van der Waals surface area contributed by atoms with Crippen LogP contribution in [-0.4, -0.2) is 67.2 Å². The van der Waals surface area contributed by atoms with Gasteiger partial charge in [0.2, 0.25) is 0 Å². The molecule has 5 aliphatic rings. The highest BCUT2D eigenvalue weighted by Gasteiger charge is 2.85. The van der Waals surface area contributed by atoms with E-state index in [-0.39, 0.29) is 31.1 Å². The fraction of sp³-hybridized carbons (Fsp3) is 0.864. The molecule has 0 amide bonds. The standard InChI is InChI=1S/C22H32O7/c1-13-7-8-21(11-26-14(2)23)15(10-13)28-19-17(29-16-6-4-5-9-25-16)18(24)20(21,3)22(19)12-27-22/h10,15-19,24H,4-9,11-12H2,1-3H3/t15-,16?,17-,18-,19?,20-,21-,22?/m1/s1. The first-order chi connectivity index (χ1) is 13.8. The largest absolute Gasteiger partial charge is 0.465 e. The Hall–Kier alpha value is -0.990. The number of carbonyl (C=O) groups is 1. The Morgan fingerprint density at radius 2 is 2.17 bits per heavy atom. The number of epoxide rings is 1. The minimum Gasteiger partial charge on any atom is -0.465 e. The van der Waals surface area contributed by atoms with Crippen LogP contribution in [0, 0.1) is 10.8 Å². The number of carbonyl (C=O) groups excluding carboxylic acids is 1. The molecule has 0 aromatic rings. The number of rotatable bonds is 4. The minimum atomic E-state index is -0.798. The monoisotopic (exact) mass is 408 g/mol.